The summed E-state index contributed by atoms with van der Waals surface area (Å²) in [5.41, 5.74) is 3.26. The minimum atomic E-state index is -0.699. The molecule has 0 saturated carbocycles. The third-order valence-corrected chi connectivity index (χ3v) is 3.64. The molecule has 0 aliphatic carbocycles. The van der Waals surface area contributed by atoms with Gasteiger partial charge >= 0.3 is 11.9 Å². The number of benzene rings is 1. The summed E-state index contributed by atoms with van der Waals surface area (Å²) < 4.78 is 10.9. The van der Waals surface area contributed by atoms with Gasteiger partial charge in [0, 0.05) is 31.7 Å². The summed E-state index contributed by atoms with van der Waals surface area (Å²) in [7, 11) is 1.43. The van der Waals surface area contributed by atoms with Crippen molar-refractivity contribution >= 4 is 35.1 Å². The molecular formula is C18H21Cl2NO5. The Bertz CT molecular complexity index is 684. The molecule has 8 heteroatoms. The second-order valence-corrected chi connectivity index (χ2v) is 6.21. The van der Waals surface area contributed by atoms with Gasteiger partial charge in [-0.05, 0) is 32.1 Å². The Morgan fingerprint density at radius 3 is 2.46 bits per heavy atom. The fourth-order valence-corrected chi connectivity index (χ4v) is 2.16. The Kier molecular flexibility index (Phi) is 9.80. The van der Waals surface area contributed by atoms with Gasteiger partial charge in [0.15, 0.2) is 0 Å². The monoisotopic (exact) mass is 401 g/mol. The summed E-state index contributed by atoms with van der Waals surface area (Å²) in [4.78, 5) is 27.1. The first-order chi connectivity index (χ1) is 12.3. The average molecular weight is 402 g/mol. The van der Waals surface area contributed by atoms with Crippen molar-refractivity contribution in [2.24, 2.45) is 0 Å². The summed E-state index contributed by atoms with van der Waals surface area (Å²) in [6, 6.07) is 4.98. The molecule has 0 saturated heterocycles. The van der Waals surface area contributed by atoms with Gasteiger partial charge in [0.25, 0.3) is 0 Å². The van der Waals surface area contributed by atoms with Crippen molar-refractivity contribution in [1.29, 1.82) is 0 Å². The van der Waals surface area contributed by atoms with Crippen molar-refractivity contribution in [3.8, 4) is 5.75 Å². The summed E-state index contributed by atoms with van der Waals surface area (Å²) in [6.07, 6.45) is 3.99. The lowest BCUT2D eigenvalue weighted by Gasteiger charge is -2.17. The molecule has 26 heavy (non-hydrogen) atoms. The van der Waals surface area contributed by atoms with Crippen LogP contribution in [0, 0.1) is 0 Å². The number of carbonyl (C=O) groups is 2. The number of nitrogens with one attached hydrogen (secondary N) is 1. The van der Waals surface area contributed by atoms with E-state index in [9.17, 15) is 9.59 Å². The molecule has 1 aromatic rings. The molecule has 0 bridgehead atoms. The molecule has 0 heterocycles. The van der Waals surface area contributed by atoms with Gasteiger partial charge < -0.3 is 14.3 Å². The van der Waals surface area contributed by atoms with Crippen LogP contribution in [0.2, 0.25) is 10.0 Å². The highest BCUT2D eigenvalue weighted by Crippen LogP contribution is 2.27. The van der Waals surface area contributed by atoms with Gasteiger partial charge in [-0.3, -0.25) is 0 Å². The Balaban J connectivity index is 2.57. The maximum Gasteiger partial charge on any atom is 0.349 e. The number of hydrogen-bond donors (Lipinski definition) is 1. The van der Waals surface area contributed by atoms with Crippen molar-refractivity contribution in [3.63, 3.8) is 0 Å². The molecule has 1 unspecified atom stereocenters. The highest BCUT2D eigenvalue weighted by Gasteiger charge is 2.11. The zero-order chi connectivity index (χ0) is 19.5. The van der Waals surface area contributed by atoms with Crippen LogP contribution < -0.4 is 10.2 Å². The summed E-state index contributed by atoms with van der Waals surface area (Å²) in [5.74, 6) is -0.790. The summed E-state index contributed by atoms with van der Waals surface area (Å²) in [5, 5.41) is 0.834. The first-order valence-corrected chi connectivity index (χ1v) is 8.56. The van der Waals surface area contributed by atoms with Crippen LogP contribution in [0.4, 0.5) is 0 Å². The first kappa shape index (κ1) is 22.0. The number of hydroxylamine groups is 1. The van der Waals surface area contributed by atoms with Crippen molar-refractivity contribution in [3.05, 3.63) is 52.0 Å². The van der Waals surface area contributed by atoms with E-state index in [-0.39, 0.29) is 12.7 Å². The van der Waals surface area contributed by atoms with E-state index in [1.54, 1.807) is 18.2 Å². The molecule has 0 spiro atoms. The molecule has 6 nitrogen and oxygen atoms in total. The van der Waals surface area contributed by atoms with Crippen LogP contribution in [-0.4, -0.2) is 31.7 Å². The molecule has 1 atom stereocenters. The van der Waals surface area contributed by atoms with Crippen LogP contribution in [-0.2, 0) is 19.2 Å². The number of carbonyl (C=O) groups excluding carboxylic acids is 2. The average Bonchev–Trinajstić information content (AvgIpc) is 2.56. The lowest BCUT2D eigenvalue weighted by Crippen LogP contribution is -2.18. The van der Waals surface area contributed by atoms with Gasteiger partial charge in [-0.25, -0.2) is 9.59 Å². The van der Waals surface area contributed by atoms with Gasteiger partial charge in [-0.1, -0.05) is 28.8 Å². The molecule has 0 aromatic heterocycles. The van der Waals surface area contributed by atoms with E-state index in [4.69, 9.17) is 32.7 Å². The molecule has 142 valence electrons. The normalized spacial score (nSPS) is 11.7. The lowest BCUT2D eigenvalue weighted by atomic mass is 10.2. The van der Waals surface area contributed by atoms with Gasteiger partial charge in [0.2, 0.25) is 0 Å². The van der Waals surface area contributed by atoms with E-state index in [0.29, 0.717) is 22.2 Å². The third-order valence-electron chi connectivity index (χ3n) is 2.90. The lowest BCUT2D eigenvalue weighted by molar-refractivity contribution is -0.144. The predicted molar refractivity (Wildman–Crippen MR) is 100 cm³/mol. The maximum absolute atomic E-state index is 11.6. The minimum Gasteiger partial charge on any atom is -0.486 e. The fourth-order valence-electron chi connectivity index (χ4n) is 1.87. The van der Waals surface area contributed by atoms with Gasteiger partial charge in [-0.15, -0.1) is 0 Å². The number of rotatable bonds is 9. The second-order valence-electron chi connectivity index (χ2n) is 5.39. The molecule has 1 aromatic carbocycles. The number of esters is 1. The molecule has 0 aliphatic rings. The van der Waals surface area contributed by atoms with E-state index < -0.39 is 11.9 Å². The zero-order valence-corrected chi connectivity index (χ0v) is 16.3. The highest BCUT2D eigenvalue weighted by molar-refractivity contribution is 6.42. The van der Waals surface area contributed by atoms with Crippen LogP contribution in [0.3, 0.4) is 0 Å². The second kappa shape index (κ2) is 11.6. The molecule has 0 radical (unpaired) electrons. The van der Waals surface area contributed by atoms with E-state index >= 15 is 0 Å². The zero-order valence-electron chi connectivity index (χ0n) is 14.8. The smallest absolute Gasteiger partial charge is 0.349 e. The Labute approximate surface area is 162 Å². The topological polar surface area (TPSA) is 73.9 Å². The fraction of sp³-hybridized carbons (Fsp3) is 0.333. The van der Waals surface area contributed by atoms with E-state index in [1.165, 1.54) is 7.05 Å². The SMILES string of the molecule is CNOC(=O)/C=C/C(=O)OCCC(C=C(C)C)Oc1ccc(Cl)c(Cl)c1. The predicted octanol–water partition coefficient (Wildman–Crippen LogP) is 3.87. The van der Waals surface area contributed by atoms with Crippen molar-refractivity contribution in [1.82, 2.24) is 5.48 Å². The summed E-state index contributed by atoms with van der Waals surface area (Å²) in [6.45, 7) is 3.99. The third kappa shape index (κ3) is 8.89. The van der Waals surface area contributed by atoms with E-state index in [1.807, 2.05) is 19.9 Å². The van der Waals surface area contributed by atoms with Crippen LogP contribution in [0.15, 0.2) is 42.0 Å². The Morgan fingerprint density at radius 1 is 1.15 bits per heavy atom. The van der Waals surface area contributed by atoms with Crippen LogP contribution in [0.1, 0.15) is 20.3 Å². The van der Waals surface area contributed by atoms with Crippen LogP contribution in [0.25, 0.3) is 0 Å². The molecule has 0 amide bonds. The molecule has 0 aliphatic heterocycles. The largest absolute Gasteiger partial charge is 0.486 e. The molecule has 1 N–H and O–H groups in total. The van der Waals surface area contributed by atoms with Gasteiger partial charge in [0.1, 0.15) is 11.9 Å². The Hall–Kier alpha value is -2.02. The molecule has 1 rings (SSSR count). The number of halogens is 2. The quantitative estimate of drug-likeness (QED) is 0.293. The minimum absolute atomic E-state index is 0.111. The van der Waals surface area contributed by atoms with Crippen LogP contribution in [0.5, 0.6) is 5.75 Å². The van der Waals surface area contributed by atoms with Crippen LogP contribution >= 0.6 is 23.2 Å². The number of hydrogen-bond acceptors (Lipinski definition) is 6. The molecular weight excluding hydrogens is 381 g/mol. The van der Waals surface area contributed by atoms with Crippen molar-refractivity contribution < 1.29 is 23.9 Å². The van der Waals surface area contributed by atoms with E-state index in [2.05, 4.69) is 10.3 Å². The maximum atomic E-state index is 11.6. The summed E-state index contributed by atoms with van der Waals surface area (Å²) >= 11 is 11.9. The number of allylic oxidation sites excluding steroid dienone is 1. The van der Waals surface area contributed by atoms with Crippen molar-refractivity contribution in [2.45, 2.75) is 26.4 Å². The van der Waals surface area contributed by atoms with Gasteiger partial charge in [0.05, 0.1) is 16.7 Å². The standard InChI is InChI=1S/C18H21Cl2NO5/c1-12(2)10-14(25-13-4-5-15(19)16(20)11-13)8-9-24-17(22)6-7-18(23)26-21-3/h4-7,10-11,14,21H,8-9H2,1-3H3/b7-6+. The molecule has 0 fully saturated rings. The van der Waals surface area contributed by atoms with E-state index in [0.717, 1.165) is 17.7 Å². The number of ether oxygens (including phenoxy) is 2. The van der Waals surface area contributed by atoms with Crippen molar-refractivity contribution in [2.75, 3.05) is 13.7 Å². The van der Waals surface area contributed by atoms with Gasteiger partial charge in [-0.2, -0.15) is 5.48 Å². The highest BCUT2D eigenvalue weighted by atomic mass is 35.5. The Morgan fingerprint density at radius 2 is 1.85 bits per heavy atom. The first-order valence-electron chi connectivity index (χ1n) is 7.81.